The van der Waals surface area contributed by atoms with Gasteiger partial charge >= 0.3 is 5.97 Å². The number of β-lactam (4-membered cyclic amide) rings is 1. The number of carboxylic acid groups (broad SMARTS) is 1. The van der Waals surface area contributed by atoms with E-state index in [1.165, 1.54) is 16.7 Å². The standard InChI is InChI=1S/C21H32N4O5S.ClH/c1-10-15-14(11(2)26)19(28)25(15)16(20(29)30)17(10)31-12-7-13(22-8-12)18(27)24-6-5-23-21(3,4)9-24;/h10-15,22-23,26H,5-9H2,1-4H3,(H,29,30);1H/t10-,11-,12+,13+,14-,15-;/m1./s1. The summed E-state index contributed by atoms with van der Waals surface area (Å²) in [5.74, 6) is -2.06. The van der Waals surface area contributed by atoms with Crippen LogP contribution < -0.4 is 10.6 Å². The number of aliphatic carboxylic acids is 1. The van der Waals surface area contributed by atoms with Crippen LogP contribution in [0.2, 0.25) is 0 Å². The van der Waals surface area contributed by atoms with Gasteiger partial charge in [-0.3, -0.25) is 9.59 Å². The molecular formula is C21H33ClN4O5S. The van der Waals surface area contributed by atoms with Crippen LogP contribution in [0.1, 0.15) is 34.1 Å². The van der Waals surface area contributed by atoms with Gasteiger partial charge in [-0.15, -0.1) is 24.2 Å². The van der Waals surface area contributed by atoms with Gasteiger partial charge < -0.3 is 30.6 Å². The minimum atomic E-state index is -1.11. The van der Waals surface area contributed by atoms with Gasteiger partial charge in [0.1, 0.15) is 5.70 Å². The van der Waals surface area contributed by atoms with E-state index in [1.807, 2.05) is 11.8 Å². The molecule has 6 atom stereocenters. The highest BCUT2D eigenvalue weighted by molar-refractivity contribution is 8.03. The number of aliphatic hydroxyl groups excluding tert-OH is 1. The molecule has 4 heterocycles. The van der Waals surface area contributed by atoms with Crippen molar-refractivity contribution in [2.45, 2.75) is 63.1 Å². The molecule has 4 aliphatic rings. The zero-order valence-electron chi connectivity index (χ0n) is 18.8. The Kier molecular flexibility index (Phi) is 7.22. The second-order valence-corrected chi connectivity index (χ2v) is 11.1. The molecule has 4 rings (SSSR count). The van der Waals surface area contributed by atoms with Gasteiger partial charge in [-0.2, -0.15) is 0 Å². The predicted molar refractivity (Wildman–Crippen MR) is 123 cm³/mol. The Labute approximate surface area is 198 Å². The molecule has 0 aromatic heterocycles. The fourth-order valence-electron chi connectivity index (χ4n) is 5.39. The topological polar surface area (TPSA) is 122 Å². The molecule has 0 aromatic rings. The molecule has 0 radical (unpaired) electrons. The average Bonchev–Trinajstić information content (AvgIpc) is 3.22. The normalized spacial score (nSPS) is 34.7. The molecule has 0 unspecified atom stereocenters. The number of aliphatic hydroxyl groups is 1. The summed E-state index contributed by atoms with van der Waals surface area (Å²) in [7, 11) is 0. The van der Waals surface area contributed by atoms with E-state index >= 15 is 0 Å². The molecule has 180 valence electrons. The minimum absolute atomic E-state index is 0. The monoisotopic (exact) mass is 488 g/mol. The smallest absolute Gasteiger partial charge is 0.353 e. The molecule has 4 aliphatic heterocycles. The summed E-state index contributed by atoms with van der Waals surface area (Å²) < 4.78 is 0. The molecule has 3 fully saturated rings. The van der Waals surface area contributed by atoms with Gasteiger partial charge in [0.15, 0.2) is 0 Å². The van der Waals surface area contributed by atoms with Crippen molar-refractivity contribution in [2.24, 2.45) is 11.8 Å². The molecule has 0 spiro atoms. The third-order valence-electron chi connectivity index (χ3n) is 6.88. The van der Waals surface area contributed by atoms with Crippen LogP contribution in [-0.4, -0.2) is 93.0 Å². The number of hydrogen-bond acceptors (Lipinski definition) is 7. The van der Waals surface area contributed by atoms with Crippen molar-refractivity contribution in [3.8, 4) is 0 Å². The summed E-state index contributed by atoms with van der Waals surface area (Å²) in [5, 5.41) is 26.5. The van der Waals surface area contributed by atoms with Crippen molar-refractivity contribution < 1.29 is 24.6 Å². The van der Waals surface area contributed by atoms with Crippen molar-refractivity contribution in [3.05, 3.63) is 10.6 Å². The number of thioether (sulfide) groups is 1. The lowest BCUT2D eigenvalue weighted by atomic mass is 9.79. The third kappa shape index (κ3) is 4.27. The molecule has 0 aliphatic carbocycles. The number of amides is 2. The summed E-state index contributed by atoms with van der Waals surface area (Å²) in [6, 6.07) is -0.586. The molecule has 32 heavy (non-hydrogen) atoms. The highest BCUT2D eigenvalue weighted by Crippen LogP contribution is 2.51. The second kappa shape index (κ2) is 9.13. The van der Waals surface area contributed by atoms with Gasteiger partial charge in [0.25, 0.3) is 0 Å². The van der Waals surface area contributed by atoms with Gasteiger partial charge in [-0.05, 0) is 27.2 Å². The van der Waals surface area contributed by atoms with Crippen molar-refractivity contribution in [3.63, 3.8) is 0 Å². The van der Waals surface area contributed by atoms with E-state index in [4.69, 9.17) is 0 Å². The molecule has 4 N–H and O–H groups in total. The maximum absolute atomic E-state index is 13.0. The van der Waals surface area contributed by atoms with Gasteiger partial charge in [-0.25, -0.2) is 4.79 Å². The quantitative estimate of drug-likeness (QED) is 0.406. The summed E-state index contributed by atoms with van der Waals surface area (Å²) in [6.07, 6.45) is -0.191. The van der Waals surface area contributed by atoms with Gasteiger partial charge in [0.2, 0.25) is 11.8 Å². The van der Waals surface area contributed by atoms with Crippen LogP contribution in [0, 0.1) is 11.8 Å². The van der Waals surface area contributed by atoms with Crippen LogP contribution in [0.5, 0.6) is 0 Å². The first-order chi connectivity index (χ1) is 14.5. The number of nitrogens with one attached hydrogen (secondary N) is 2. The Morgan fingerprint density at radius 1 is 1.31 bits per heavy atom. The van der Waals surface area contributed by atoms with Gasteiger partial charge in [-0.1, -0.05) is 6.92 Å². The Bertz CT molecular complexity index is 835. The Morgan fingerprint density at radius 2 is 2.00 bits per heavy atom. The van der Waals surface area contributed by atoms with Gasteiger partial charge in [0.05, 0.1) is 24.1 Å². The summed E-state index contributed by atoms with van der Waals surface area (Å²) in [4.78, 5) is 41.4. The number of hydrogen-bond donors (Lipinski definition) is 4. The molecule has 9 nitrogen and oxygen atoms in total. The van der Waals surface area contributed by atoms with Crippen molar-refractivity contribution in [1.29, 1.82) is 0 Å². The molecular weight excluding hydrogens is 456 g/mol. The zero-order valence-corrected chi connectivity index (χ0v) is 20.5. The molecule has 0 bridgehead atoms. The fraction of sp³-hybridized carbons (Fsp3) is 0.762. The predicted octanol–water partition coefficient (Wildman–Crippen LogP) is 0.236. The maximum Gasteiger partial charge on any atom is 0.353 e. The first kappa shape index (κ1) is 25.3. The summed E-state index contributed by atoms with van der Waals surface area (Å²) >= 11 is 1.47. The molecule has 11 heteroatoms. The first-order valence-corrected chi connectivity index (χ1v) is 11.8. The first-order valence-electron chi connectivity index (χ1n) is 10.9. The highest BCUT2D eigenvalue weighted by Gasteiger charge is 2.60. The lowest BCUT2D eigenvalue weighted by Crippen LogP contribution is -2.63. The van der Waals surface area contributed by atoms with E-state index in [0.29, 0.717) is 31.0 Å². The largest absolute Gasteiger partial charge is 0.477 e. The average molecular weight is 489 g/mol. The van der Waals surface area contributed by atoms with E-state index < -0.39 is 18.0 Å². The molecule has 0 saturated carbocycles. The zero-order chi connectivity index (χ0) is 22.7. The van der Waals surface area contributed by atoms with Crippen LogP contribution in [0.3, 0.4) is 0 Å². The Balaban J connectivity index is 0.00000289. The van der Waals surface area contributed by atoms with E-state index in [9.17, 15) is 24.6 Å². The number of fused-ring (bicyclic) bond motifs is 1. The number of rotatable bonds is 5. The SMILES string of the molecule is C[C@@H](O)[C@H]1C(=O)N2C(C(=O)O)=C(S[C@@H]3CN[C@H](C(=O)N4CCNC(C)(C)C4)C3)[C@H](C)[C@H]12.Cl. The van der Waals surface area contributed by atoms with Crippen LogP contribution in [0.25, 0.3) is 0 Å². The van der Waals surface area contributed by atoms with Crippen molar-refractivity contribution in [1.82, 2.24) is 20.4 Å². The van der Waals surface area contributed by atoms with E-state index in [-0.39, 0.29) is 58.7 Å². The molecule has 2 amide bonds. The lowest BCUT2D eigenvalue weighted by molar-refractivity contribution is -0.163. The van der Waals surface area contributed by atoms with E-state index in [1.54, 1.807) is 6.92 Å². The number of carbonyl (C=O) groups excluding carboxylic acids is 2. The number of halogens is 1. The van der Waals surface area contributed by atoms with E-state index in [0.717, 1.165) is 6.54 Å². The minimum Gasteiger partial charge on any atom is -0.477 e. The number of carbonyl (C=O) groups is 3. The van der Waals surface area contributed by atoms with Crippen molar-refractivity contribution in [2.75, 3.05) is 26.2 Å². The van der Waals surface area contributed by atoms with Crippen LogP contribution >= 0.6 is 24.2 Å². The number of carboxylic acids is 1. The fourth-order valence-corrected chi connectivity index (χ4v) is 6.87. The third-order valence-corrected chi connectivity index (χ3v) is 8.39. The number of nitrogens with zero attached hydrogens (tertiary/aromatic N) is 2. The highest BCUT2D eigenvalue weighted by atomic mass is 35.5. The number of piperazine rings is 1. The Hall–Kier alpha value is -1.33. The lowest BCUT2D eigenvalue weighted by Gasteiger charge is -2.46. The van der Waals surface area contributed by atoms with E-state index in [2.05, 4.69) is 24.5 Å². The summed E-state index contributed by atoms with van der Waals surface area (Å²) in [6.45, 7) is 10.4. The second-order valence-electron chi connectivity index (χ2n) is 9.78. The Morgan fingerprint density at radius 3 is 2.59 bits per heavy atom. The van der Waals surface area contributed by atoms with Crippen LogP contribution in [0.15, 0.2) is 10.6 Å². The maximum atomic E-state index is 13.0. The van der Waals surface area contributed by atoms with Gasteiger partial charge in [0, 0.05) is 47.8 Å². The van der Waals surface area contributed by atoms with Crippen molar-refractivity contribution >= 4 is 42.0 Å². The van der Waals surface area contributed by atoms with Crippen LogP contribution in [-0.2, 0) is 14.4 Å². The summed E-state index contributed by atoms with van der Waals surface area (Å²) in [5.41, 5.74) is -0.0649. The molecule has 3 saturated heterocycles. The van der Waals surface area contributed by atoms with Crippen LogP contribution in [0.4, 0.5) is 0 Å². The molecule has 0 aromatic carbocycles.